The van der Waals surface area contributed by atoms with E-state index in [9.17, 15) is 9.59 Å². The fourth-order valence-corrected chi connectivity index (χ4v) is 4.35. The Bertz CT molecular complexity index is 817. The molecule has 1 saturated heterocycles. The maximum absolute atomic E-state index is 12.6. The first-order valence-corrected chi connectivity index (χ1v) is 11.0. The summed E-state index contributed by atoms with van der Waals surface area (Å²) in [6.07, 6.45) is 3.25. The summed E-state index contributed by atoms with van der Waals surface area (Å²) in [5, 5.41) is 8.78. The van der Waals surface area contributed by atoms with E-state index in [1.54, 1.807) is 18.5 Å². The van der Waals surface area contributed by atoms with Gasteiger partial charge < -0.3 is 14.2 Å². The molecule has 1 amide bonds. The third-order valence-electron chi connectivity index (χ3n) is 5.19. The van der Waals surface area contributed by atoms with Crippen LogP contribution in [0.3, 0.4) is 0 Å². The van der Waals surface area contributed by atoms with Crippen LogP contribution in [-0.4, -0.2) is 57.0 Å². The molecular weight excluding hydrogens is 388 g/mol. The number of aromatic nitrogens is 3. The topological polar surface area (TPSA) is 77.3 Å². The molecule has 3 rings (SSSR count). The molecule has 2 aromatic rings. The summed E-state index contributed by atoms with van der Waals surface area (Å²) in [5.74, 6) is 1.31. The molecule has 0 saturated carbocycles. The number of benzene rings is 1. The standard InChI is InChI=1S/C21H28N4O3S/c1-3-28-20(27)14-18-22-23-21(24(18)2)29-15-19(26)25-11-9-17(10-12-25)13-16-7-5-4-6-8-16/h4-8,17H,3,9-15H2,1-2H3. The largest absolute Gasteiger partial charge is 0.466 e. The Balaban J connectivity index is 1.43. The van der Waals surface area contributed by atoms with Gasteiger partial charge in [0.1, 0.15) is 12.2 Å². The molecule has 8 heteroatoms. The van der Waals surface area contributed by atoms with Crippen molar-refractivity contribution in [3.8, 4) is 0 Å². The Hall–Kier alpha value is -2.35. The number of nitrogens with zero attached hydrogens (tertiary/aromatic N) is 4. The number of hydrogen-bond acceptors (Lipinski definition) is 6. The number of ether oxygens (including phenoxy) is 1. The number of piperidine rings is 1. The summed E-state index contributed by atoms with van der Waals surface area (Å²) in [6, 6.07) is 10.5. The Morgan fingerprint density at radius 2 is 1.90 bits per heavy atom. The highest BCUT2D eigenvalue weighted by atomic mass is 32.2. The van der Waals surface area contributed by atoms with Gasteiger partial charge in [-0.2, -0.15) is 0 Å². The van der Waals surface area contributed by atoms with E-state index in [2.05, 4.69) is 34.5 Å². The van der Waals surface area contributed by atoms with Crippen LogP contribution in [0.1, 0.15) is 31.2 Å². The van der Waals surface area contributed by atoms with E-state index in [-0.39, 0.29) is 18.3 Å². The quantitative estimate of drug-likeness (QED) is 0.486. The van der Waals surface area contributed by atoms with Gasteiger partial charge in [-0.15, -0.1) is 10.2 Å². The first kappa shape index (κ1) is 21.4. The van der Waals surface area contributed by atoms with Crippen LogP contribution in [0.4, 0.5) is 0 Å². The van der Waals surface area contributed by atoms with Crippen LogP contribution in [0.2, 0.25) is 0 Å². The Morgan fingerprint density at radius 3 is 2.59 bits per heavy atom. The number of amides is 1. The number of thioether (sulfide) groups is 1. The van der Waals surface area contributed by atoms with Crippen LogP contribution in [0.25, 0.3) is 0 Å². The minimum atomic E-state index is -0.325. The SMILES string of the molecule is CCOC(=O)Cc1nnc(SCC(=O)N2CCC(Cc3ccccc3)CC2)n1C. The van der Waals surface area contributed by atoms with Crippen LogP contribution in [0.15, 0.2) is 35.5 Å². The molecule has 0 bridgehead atoms. The maximum atomic E-state index is 12.6. The van der Waals surface area contributed by atoms with Gasteiger partial charge in [0.15, 0.2) is 5.16 Å². The molecule has 1 fully saturated rings. The predicted octanol–water partition coefficient (Wildman–Crippen LogP) is 2.49. The maximum Gasteiger partial charge on any atom is 0.313 e. The van der Waals surface area contributed by atoms with Gasteiger partial charge in [-0.3, -0.25) is 9.59 Å². The van der Waals surface area contributed by atoms with Gasteiger partial charge in [0.25, 0.3) is 0 Å². The summed E-state index contributed by atoms with van der Waals surface area (Å²) < 4.78 is 6.70. The summed E-state index contributed by atoms with van der Waals surface area (Å²) in [7, 11) is 1.80. The zero-order valence-corrected chi connectivity index (χ0v) is 17.9. The lowest BCUT2D eigenvalue weighted by Gasteiger charge is -2.32. The summed E-state index contributed by atoms with van der Waals surface area (Å²) in [4.78, 5) is 26.2. The molecule has 29 heavy (non-hydrogen) atoms. The summed E-state index contributed by atoms with van der Waals surface area (Å²) in [6.45, 7) is 3.73. The lowest BCUT2D eigenvalue weighted by molar-refractivity contribution is -0.142. The van der Waals surface area contributed by atoms with Gasteiger partial charge in [-0.1, -0.05) is 42.1 Å². The van der Waals surface area contributed by atoms with Gasteiger partial charge >= 0.3 is 5.97 Å². The van der Waals surface area contributed by atoms with Crippen LogP contribution < -0.4 is 0 Å². The molecule has 1 aromatic heterocycles. The van der Waals surface area contributed by atoms with E-state index >= 15 is 0 Å². The third-order valence-corrected chi connectivity index (χ3v) is 6.20. The molecule has 0 unspecified atom stereocenters. The first-order chi connectivity index (χ1) is 14.1. The van der Waals surface area contributed by atoms with E-state index in [1.165, 1.54) is 17.3 Å². The van der Waals surface area contributed by atoms with Crippen molar-refractivity contribution in [2.45, 2.75) is 37.8 Å². The number of carbonyl (C=O) groups excluding carboxylic acids is 2. The molecule has 7 nitrogen and oxygen atoms in total. The highest BCUT2D eigenvalue weighted by Gasteiger charge is 2.23. The number of hydrogen-bond donors (Lipinski definition) is 0. The van der Waals surface area contributed by atoms with Gasteiger partial charge in [-0.05, 0) is 37.7 Å². The average molecular weight is 417 g/mol. The zero-order valence-electron chi connectivity index (χ0n) is 17.0. The Kier molecular flexibility index (Phi) is 7.69. The highest BCUT2D eigenvalue weighted by Crippen LogP contribution is 2.23. The molecule has 0 radical (unpaired) electrons. The highest BCUT2D eigenvalue weighted by molar-refractivity contribution is 7.99. The average Bonchev–Trinajstić information content (AvgIpc) is 3.07. The van der Waals surface area contributed by atoms with Gasteiger partial charge in [0.05, 0.1) is 12.4 Å². The Labute approximate surface area is 175 Å². The zero-order chi connectivity index (χ0) is 20.6. The predicted molar refractivity (Wildman–Crippen MR) is 112 cm³/mol. The van der Waals surface area contributed by atoms with Crippen LogP contribution in [0, 0.1) is 5.92 Å². The molecular formula is C21H28N4O3S. The van der Waals surface area contributed by atoms with Crippen molar-refractivity contribution in [1.29, 1.82) is 0 Å². The lowest BCUT2D eigenvalue weighted by atomic mass is 9.90. The fourth-order valence-electron chi connectivity index (χ4n) is 3.52. The van der Waals surface area contributed by atoms with Crippen molar-refractivity contribution < 1.29 is 14.3 Å². The molecule has 2 heterocycles. The monoisotopic (exact) mass is 416 g/mol. The van der Waals surface area contributed by atoms with Crippen molar-refractivity contribution >= 4 is 23.6 Å². The van der Waals surface area contributed by atoms with Gasteiger partial charge in [-0.25, -0.2) is 0 Å². The van der Waals surface area contributed by atoms with Crippen molar-refractivity contribution in [2.75, 3.05) is 25.4 Å². The first-order valence-electron chi connectivity index (χ1n) is 10.0. The van der Waals surface area contributed by atoms with Gasteiger partial charge in [0, 0.05) is 20.1 Å². The molecule has 0 atom stereocenters. The second kappa shape index (κ2) is 10.4. The van der Waals surface area contributed by atoms with Crippen LogP contribution >= 0.6 is 11.8 Å². The number of rotatable bonds is 8. The van der Waals surface area contributed by atoms with E-state index in [1.807, 2.05) is 11.0 Å². The Morgan fingerprint density at radius 1 is 1.17 bits per heavy atom. The number of likely N-dealkylation sites (tertiary alicyclic amines) is 1. The van der Waals surface area contributed by atoms with Gasteiger partial charge in [0.2, 0.25) is 5.91 Å². The van der Waals surface area contributed by atoms with Crippen molar-refractivity contribution in [3.05, 3.63) is 41.7 Å². The number of esters is 1. The van der Waals surface area contributed by atoms with Crippen LogP contribution in [0.5, 0.6) is 0 Å². The third kappa shape index (κ3) is 6.06. The summed E-state index contributed by atoms with van der Waals surface area (Å²) in [5.41, 5.74) is 1.37. The molecule has 156 valence electrons. The molecule has 0 spiro atoms. The molecule has 1 aliphatic heterocycles. The van der Waals surface area contributed by atoms with Crippen molar-refractivity contribution in [1.82, 2.24) is 19.7 Å². The van der Waals surface area contributed by atoms with Crippen molar-refractivity contribution in [3.63, 3.8) is 0 Å². The molecule has 1 aromatic carbocycles. The lowest BCUT2D eigenvalue weighted by Crippen LogP contribution is -2.39. The molecule has 0 aliphatic carbocycles. The minimum Gasteiger partial charge on any atom is -0.466 e. The van der Waals surface area contributed by atoms with Crippen molar-refractivity contribution in [2.24, 2.45) is 13.0 Å². The second-order valence-electron chi connectivity index (χ2n) is 7.24. The molecule has 1 aliphatic rings. The summed E-state index contributed by atoms with van der Waals surface area (Å²) >= 11 is 1.36. The van der Waals surface area contributed by atoms with E-state index in [0.717, 1.165) is 32.4 Å². The fraction of sp³-hybridized carbons (Fsp3) is 0.524. The smallest absolute Gasteiger partial charge is 0.313 e. The van der Waals surface area contributed by atoms with E-state index in [0.29, 0.717) is 29.3 Å². The minimum absolute atomic E-state index is 0.0841. The second-order valence-corrected chi connectivity index (χ2v) is 8.18. The normalized spacial score (nSPS) is 14.8. The van der Waals surface area contributed by atoms with Crippen LogP contribution in [-0.2, 0) is 34.2 Å². The number of carbonyl (C=O) groups is 2. The van der Waals surface area contributed by atoms with E-state index in [4.69, 9.17) is 4.74 Å². The van der Waals surface area contributed by atoms with E-state index < -0.39 is 0 Å². The molecule has 0 N–H and O–H groups in total.